The minimum absolute atomic E-state index is 0.638. The molecule has 0 aliphatic carbocycles. The van der Waals surface area contributed by atoms with Crippen molar-refractivity contribution in [2.45, 2.75) is 21.3 Å². The molecule has 1 aliphatic rings. The van der Waals surface area contributed by atoms with Crippen LogP contribution in [0.5, 0.6) is 0 Å². The van der Waals surface area contributed by atoms with Gasteiger partial charge in [-0.05, 0) is 0 Å². The van der Waals surface area contributed by atoms with Gasteiger partial charge in [-0.25, -0.2) is 0 Å². The van der Waals surface area contributed by atoms with E-state index in [0.29, 0.717) is 25.6 Å². The first kappa shape index (κ1) is 10.3. The average molecular weight is 356 g/mol. The Balaban J connectivity index is 2.85. The van der Waals surface area contributed by atoms with E-state index in [-0.39, 0.29) is 0 Å². The molecule has 10 heavy (non-hydrogen) atoms. The molecule has 1 aliphatic heterocycles. The van der Waals surface area contributed by atoms with Crippen molar-refractivity contribution in [1.29, 1.82) is 0 Å². The molecule has 0 aromatic rings. The first-order valence-corrected chi connectivity index (χ1v) is 16.6. The Morgan fingerprint density at radius 3 is 1.50 bits per heavy atom. The van der Waals surface area contributed by atoms with E-state index in [2.05, 4.69) is 0 Å². The number of hydrogen-bond acceptors (Lipinski definition) is 0. The van der Waals surface area contributed by atoms with Crippen LogP contribution in [0, 0.1) is 0 Å². The quantitative estimate of drug-likeness (QED) is 0.579. The van der Waals surface area contributed by atoms with E-state index in [1.54, 1.807) is 0 Å². The molecule has 0 atom stereocenters. The molecule has 0 aromatic heterocycles. The molecule has 64 valence electrons. The summed E-state index contributed by atoms with van der Waals surface area (Å²) >= 11 is 0.664. The third-order valence-electron chi connectivity index (χ3n) is 1.36. The fourth-order valence-corrected chi connectivity index (χ4v) is 27.8. The van der Waals surface area contributed by atoms with Gasteiger partial charge in [-0.1, -0.05) is 0 Å². The SMILES string of the molecule is Cl[Se]1(Cl)(Cl)(Cl)CC[Se]CC1. The first-order chi connectivity index (χ1) is 4.21. The Bertz CT molecular complexity index is 145. The Morgan fingerprint density at radius 1 is 0.900 bits per heavy atom. The molecule has 0 nitrogen and oxygen atoms in total. The molecule has 1 heterocycles. The fourth-order valence-electron chi connectivity index (χ4n) is 0.692. The van der Waals surface area contributed by atoms with Gasteiger partial charge in [0, 0.05) is 0 Å². The second kappa shape index (κ2) is 2.36. The van der Waals surface area contributed by atoms with Gasteiger partial charge < -0.3 is 0 Å². The Labute approximate surface area is 82.9 Å². The molecule has 1 saturated heterocycles. The summed E-state index contributed by atoms with van der Waals surface area (Å²) in [5.41, 5.74) is 0. The van der Waals surface area contributed by atoms with E-state index in [1.807, 2.05) is 0 Å². The van der Waals surface area contributed by atoms with Gasteiger partial charge in [0.25, 0.3) is 0 Å². The van der Waals surface area contributed by atoms with Gasteiger partial charge in [0.1, 0.15) is 0 Å². The normalized spacial score (nSPS) is 42.0. The molecule has 0 unspecified atom stereocenters. The number of hydrogen-bond donors (Lipinski definition) is 0. The molecule has 1 fully saturated rings. The summed E-state index contributed by atoms with van der Waals surface area (Å²) in [5.74, 6) is 0. The van der Waals surface area contributed by atoms with Gasteiger partial charge in [-0.3, -0.25) is 0 Å². The average Bonchev–Trinajstić information content (AvgIpc) is 1.60. The molecule has 1 rings (SSSR count). The molecule has 0 amide bonds. The second-order valence-electron chi connectivity index (χ2n) is 2.45. The summed E-state index contributed by atoms with van der Waals surface area (Å²) in [5, 5.41) is 3.34. The zero-order chi connectivity index (χ0) is 7.94. The molecule has 6 heteroatoms. The third-order valence-corrected chi connectivity index (χ3v) is 17.1. The molecule has 0 N–H and O–H groups in total. The van der Waals surface area contributed by atoms with Crippen molar-refractivity contribution >= 4 is 62.4 Å². The molecule has 0 radical (unpaired) electrons. The van der Waals surface area contributed by atoms with E-state index in [4.69, 9.17) is 40.4 Å². The zero-order valence-corrected chi connectivity index (χ0v) is 11.6. The maximum absolute atomic E-state index is 6.06. The Morgan fingerprint density at radius 2 is 1.30 bits per heavy atom. The van der Waals surface area contributed by atoms with Crippen LogP contribution in [0.1, 0.15) is 0 Å². The van der Waals surface area contributed by atoms with Gasteiger partial charge in [0.15, 0.2) is 0 Å². The fraction of sp³-hybridized carbons (Fsp3) is 1.00. The van der Waals surface area contributed by atoms with E-state index in [9.17, 15) is 0 Å². The Hall–Kier alpha value is 2.20. The number of halogens is 4. The second-order valence-corrected chi connectivity index (χ2v) is 36.3. The van der Waals surface area contributed by atoms with Crippen molar-refractivity contribution in [1.82, 2.24) is 0 Å². The zero-order valence-electron chi connectivity index (χ0n) is 5.16. The van der Waals surface area contributed by atoms with Crippen LogP contribution in [0.2, 0.25) is 21.3 Å². The maximum atomic E-state index is 6.06. The number of rotatable bonds is 0. The van der Waals surface area contributed by atoms with Crippen molar-refractivity contribution in [2.75, 3.05) is 0 Å². The standard InChI is InChI=1S/C4H8Cl4Se2/c5-10(6,7,8)3-1-9-2-4-10/h1-4H2. The summed E-state index contributed by atoms with van der Waals surface area (Å²) < 4.78 is 0. The minimum atomic E-state index is -4.11. The monoisotopic (exact) mass is 356 g/mol. The van der Waals surface area contributed by atoms with Gasteiger partial charge in [0.2, 0.25) is 0 Å². The summed E-state index contributed by atoms with van der Waals surface area (Å²) in [4.78, 5) is 0. The predicted molar refractivity (Wildman–Crippen MR) is 54.1 cm³/mol. The van der Waals surface area contributed by atoms with E-state index in [0.717, 1.165) is 10.6 Å². The van der Waals surface area contributed by atoms with Gasteiger partial charge in [-0.15, -0.1) is 0 Å². The molecular formula is C4H8Cl4Se2. The van der Waals surface area contributed by atoms with Crippen LogP contribution < -0.4 is 0 Å². The third kappa shape index (κ3) is 3.29. The summed E-state index contributed by atoms with van der Waals surface area (Å²) in [7, 11) is 20.1. The topological polar surface area (TPSA) is 0 Å². The van der Waals surface area contributed by atoms with Crippen molar-refractivity contribution in [2.24, 2.45) is 0 Å². The molecule has 0 aromatic carbocycles. The molecular weight excluding hydrogens is 348 g/mol. The van der Waals surface area contributed by atoms with Gasteiger partial charge >= 0.3 is 83.7 Å². The van der Waals surface area contributed by atoms with Crippen LogP contribution in [0.15, 0.2) is 0 Å². The van der Waals surface area contributed by atoms with E-state index >= 15 is 0 Å². The van der Waals surface area contributed by atoms with Gasteiger partial charge in [0.05, 0.1) is 0 Å². The summed E-state index contributed by atoms with van der Waals surface area (Å²) in [6.07, 6.45) is 0. The predicted octanol–water partition coefficient (Wildman–Crippen LogP) is 3.84. The first-order valence-electron chi connectivity index (χ1n) is 2.77. The van der Waals surface area contributed by atoms with Crippen molar-refractivity contribution < 1.29 is 0 Å². The Kier molecular flexibility index (Phi) is 2.43. The van der Waals surface area contributed by atoms with Crippen LogP contribution >= 0.6 is 40.4 Å². The van der Waals surface area contributed by atoms with Crippen LogP contribution in [0.3, 0.4) is 0 Å². The van der Waals surface area contributed by atoms with E-state index < -0.39 is 7.09 Å². The van der Waals surface area contributed by atoms with E-state index in [1.165, 1.54) is 0 Å². The summed E-state index contributed by atoms with van der Waals surface area (Å²) in [6.45, 7) is 0. The van der Waals surface area contributed by atoms with Crippen LogP contribution in [0.25, 0.3) is 0 Å². The van der Waals surface area contributed by atoms with Gasteiger partial charge in [-0.2, -0.15) is 0 Å². The van der Waals surface area contributed by atoms with Crippen LogP contribution in [-0.2, 0) is 0 Å². The molecule has 0 saturated carbocycles. The van der Waals surface area contributed by atoms with Crippen molar-refractivity contribution in [3.05, 3.63) is 0 Å². The van der Waals surface area contributed by atoms with Crippen LogP contribution in [-0.4, -0.2) is 22.0 Å². The molecule has 0 bridgehead atoms. The van der Waals surface area contributed by atoms with Crippen molar-refractivity contribution in [3.8, 4) is 0 Å². The van der Waals surface area contributed by atoms with Crippen molar-refractivity contribution in [3.63, 3.8) is 0 Å². The van der Waals surface area contributed by atoms with Crippen LogP contribution in [0.4, 0.5) is 0 Å². The summed E-state index contributed by atoms with van der Waals surface area (Å²) in [6, 6.07) is 0. The molecule has 0 spiro atoms.